The predicted octanol–water partition coefficient (Wildman–Crippen LogP) is 4.86. The Bertz CT molecular complexity index is 730. The Labute approximate surface area is 132 Å². The lowest BCUT2D eigenvalue weighted by atomic mass is 10.2. The smallest absolute Gasteiger partial charge is 0.336 e. The summed E-state index contributed by atoms with van der Waals surface area (Å²) in [6, 6.07) is 27.5. The molecule has 0 amide bonds. The molecule has 110 valence electrons. The van der Waals surface area contributed by atoms with E-state index in [1.165, 1.54) is 0 Å². The van der Waals surface area contributed by atoms with Gasteiger partial charge in [0.25, 0.3) is 0 Å². The van der Waals surface area contributed by atoms with Crippen molar-refractivity contribution in [3.63, 3.8) is 0 Å². The number of benzene rings is 3. The number of hydrogen-bond donors (Lipinski definition) is 2. The van der Waals surface area contributed by atoms with E-state index in [-0.39, 0.29) is 0 Å². The van der Waals surface area contributed by atoms with Gasteiger partial charge in [-0.2, -0.15) is 10.9 Å². The fourth-order valence-corrected chi connectivity index (χ4v) is 4.87. The van der Waals surface area contributed by atoms with E-state index in [0.29, 0.717) is 5.56 Å². The molecule has 0 bridgehead atoms. The monoisotopic (exact) mass is 308 g/mol. The van der Waals surface area contributed by atoms with Crippen LogP contribution >= 0.6 is 10.9 Å². The Morgan fingerprint density at radius 1 is 0.682 bits per heavy atom. The first-order chi connectivity index (χ1) is 10.8. The molecule has 0 fully saturated rings. The second-order valence-electron chi connectivity index (χ2n) is 4.83. The van der Waals surface area contributed by atoms with Crippen molar-refractivity contribution < 1.29 is 9.90 Å². The molecule has 0 aliphatic carbocycles. The standard InChI is InChI=1S/C19H16O2S/c20-19(21)17-13-7-8-14-18(17)22(15-9-3-1-4-10-15)16-11-5-2-6-12-16/h1-14,22H,(H,20,21). The molecular weight excluding hydrogens is 292 g/mol. The van der Waals surface area contributed by atoms with Crippen molar-refractivity contribution in [3.05, 3.63) is 90.5 Å². The number of hydrogen-bond acceptors (Lipinski definition) is 1. The van der Waals surface area contributed by atoms with Gasteiger partial charge in [-0.05, 0) is 46.2 Å². The van der Waals surface area contributed by atoms with Gasteiger partial charge in [0.15, 0.2) is 0 Å². The molecule has 0 saturated carbocycles. The third-order valence-corrected chi connectivity index (χ3v) is 5.91. The van der Waals surface area contributed by atoms with E-state index in [2.05, 4.69) is 24.3 Å². The zero-order chi connectivity index (χ0) is 15.4. The molecule has 22 heavy (non-hydrogen) atoms. The highest BCUT2D eigenvalue weighted by Crippen LogP contribution is 2.52. The molecule has 0 aliphatic rings. The number of thiol groups is 1. The van der Waals surface area contributed by atoms with Gasteiger partial charge in [-0.15, -0.1) is 0 Å². The summed E-state index contributed by atoms with van der Waals surface area (Å²) in [5.41, 5.74) is 0.376. The van der Waals surface area contributed by atoms with Crippen LogP contribution in [0.3, 0.4) is 0 Å². The minimum absolute atomic E-state index is 0.376. The highest BCUT2D eigenvalue weighted by molar-refractivity contribution is 8.17. The summed E-state index contributed by atoms with van der Waals surface area (Å²) in [6.07, 6.45) is 0. The molecule has 0 atom stereocenters. The van der Waals surface area contributed by atoms with Crippen molar-refractivity contribution in [1.29, 1.82) is 0 Å². The molecule has 1 N–H and O–H groups in total. The Morgan fingerprint density at radius 3 is 1.64 bits per heavy atom. The van der Waals surface area contributed by atoms with Crippen LogP contribution in [0.4, 0.5) is 0 Å². The minimum Gasteiger partial charge on any atom is -0.478 e. The Morgan fingerprint density at radius 2 is 1.14 bits per heavy atom. The quantitative estimate of drug-likeness (QED) is 0.675. The maximum Gasteiger partial charge on any atom is 0.336 e. The number of carbonyl (C=O) groups is 1. The van der Waals surface area contributed by atoms with Crippen LogP contribution in [0.5, 0.6) is 0 Å². The summed E-state index contributed by atoms with van der Waals surface area (Å²) < 4.78 is 0. The van der Waals surface area contributed by atoms with Crippen LogP contribution in [-0.4, -0.2) is 11.1 Å². The molecular formula is C19H16O2S. The van der Waals surface area contributed by atoms with Gasteiger partial charge in [-0.1, -0.05) is 48.5 Å². The normalized spacial score (nSPS) is 11.0. The van der Waals surface area contributed by atoms with Crippen LogP contribution in [0.15, 0.2) is 99.6 Å². The van der Waals surface area contributed by atoms with Gasteiger partial charge in [0.2, 0.25) is 0 Å². The second kappa shape index (κ2) is 6.50. The molecule has 3 rings (SSSR count). The number of carboxylic acids is 1. The predicted molar refractivity (Wildman–Crippen MR) is 90.1 cm³/mol. The first-order valence-corrected chi connectivity index (χ1v) is 8.34. The van der Waals surface area contributed by atoms with Crippen molar-refractivity contribution >= 4 is 16.9 Å². The Balaban J connectivity index is 2.21. The van der Waals surface area contributed by atoms with Crippen LogP contribution < -0.4 is 0 Å². The molecule has 0 aliphatic heterocycles. The fraction of sp³-hybridized carbons (Fsp3) is 0. The van der Waals surface area contributed by atoms with E-state index in [1.54, 1.807) is 12.1 Å². The summed E-state index contributed by atoms with van der Waals surface area (Å²) in [5.74, 6) is -0.880. The highest BCUT2D eigenvalue weighted by atomic mass is 32.2. The molecule has 3 aromatic carbocycles. The minimum atomic E-state index is -0.880. The number of carboxylic acid groups (broad SMARTS) is 1. The second-order valence-corrected chi connectivity index (χ2v) is 7.01. The van der Waals surface area contributed by atoms with Crippen molar-refractivity contribution in [2.45, 2.75) is 14.7 Å². The van der Waals surface area contributed by atoms with Gasteiger partial charge in [0, 0.05) is 4.90 Å². The van der Waals surface area contributed by atoms with Gasteiger partial charge < -0.3 is 5.11 Å². The maximum absolute atomic E-state index is 11.6. The van der Waals surface area contributed by atoms with Gasteiger partial charge in [-0.25, -0.2) is 4.79 Å². The lowest BCUT2D eigenvalue weighted by Gasteiger charge is -2.24. The largest absolute Gasteiger partial charge is 0.478 e. The lowest BCUT2D eigenvalue weighted by molar-refractivity contribution is 0.0693. The molecule has 0 heterocycles. The zero-order valence-electron chi connectivity index (χ0n) is 11.9. The van der Waals surface area contributed by atoms with Crippen LogP contribution in [0.25, 0.3) is 0 Å². The molecule has 0 aromatic heterocycles. The third kappa shape index (κ3) is 2.90. The number of aromatic carboxylic acids is 1. The van der Waals surface area contributed by atoms with Crippen molar-refractivity contribution in [2.75, 3.05) is 0 Å². The summed E-state index contributed by atoms with van der Waals surface area (Å²) in [4.78, 5) is 14.8. The Kier molecular flexibility index (Phi) is 4.26. The molecule has 0 radical (unpaired) electrons. The highest BCUT2D eigenvalue weighted by Gasteiger charge is 2.18. The lowest BCUT2D eigenvalue weighted by Crippen LogP contribution is -2.01. The van der Waals surface area contributed by atoms with Crippen LogP contribution in [0, 0.1) is 0 Å². The number of rotatable bonds is 4. The average molecular weight is 308 g/mol. The SMILES string of the molecule is O=C(O)c1ccccc1[SH](c1ccccc1)c1ccccc1. The molecule has 0 spiro atoms. The average Bonchev–Trinajstić information content (AvgIpc) is 2.57. The zero-order valence-corrected chi connectivity index (χ0v) is 12.8. The van der Waals surface area contributed by atoms with E-state index >= 15 is 0 Å². The van der Waals surface area contributed by atoms with E-state index in [1.807, 2.05) is 48.5 Å². The first kappa shape index (κ1) is 14.4. The fourth-order valence-electron chi connectivity index (χ4n) is 2.43. The van der Waals surface area contributed by atoms with Crippen molar-refractivity contribution in [3.8, 4) is 0 Å². The van der Waals surface area contributed by atoms with E-state index < -0.39 is 16.9 Å². The summed E-state index contributed by atoms with van der Waals surface area (Å²) in [7, 11) is -0.880. The summed E-state index contributed by atoms with van der Waals surface area (Å²) in [5, 5.41) is 9.52. The van der Waals surface area contributed by atoms with Crippen molar-refractivity contribution in [2.24, 2.45) is 0 Å². The summed E-state index contributed by atoms with van der Waals surface area (Å²) >= 11 is 0. The van der Waals surface area contributed by atoms with E-state index in [9.17, 15) is 9.90 Å². The van der Waals surface area contributed by atoms with E-state index in [4.69, 9.17) is 0 Å². The van der Waals surface area contributed by atoms with Gasteiger partial charge in [0.05, 0.1) is 5.56 Å². The van der Waals surface area contributed by atoms with Crippen LogP contribution in [0.1, 0.15) is 10.4 Å². The maximum atomic E-state index is 11.6. The molecule has 2 nitrogen and oxygen atoms in total. The first-order valence-electron chi connectivity index (χ1n) is 7.00. The summed E-state index contributed by atoms with van der Waals surface area (Å²) in [6.45, 7) is 0. The topological polar surface area (TPSA) is 37.3 Å². The molecule has 3 aromatic rings. The van der Waals surface area contributed by atoms with Gasteiger partial charge in [-0.3, -0.25) is 0 Å². The van der Waals surface area contributed by atoms with Gasteiger partial charge >= 0.3 is 5.97 Å². The van der Waals surface area contributed by atoms with Crippen molar-refractivity contribution in [1.82, 2.24) is 0 Å². The molecule has 3 heteroatoms. The van der Waals surface area contributed by atoms with Crippen LogP contribution in [-0.2, 0) is 0 Å². The van der Waals surface area contributed by atoms with Gasteiger partial charge in [0.1, 0.15) is 0 Å². The van der Waals surface area contributed by atoms with E-state index in [0.717, 1.165) is 14.7 Å². The third-order valence-electron chi connectivity index (χ3n) is 3.40. The van der Waals surface area contributed by atoms with Crippen LogP contribution in [0.2, 0.25) is 0 Å². The molecule has 0 saturated heterocycles. The molecule has 0 unspecified atom stereocenters. The Hall–Kier alpha value is -2.52.